The first kappa shape index (κ1) is 45.0. The molecule has 3 heteroatoms. The molecule has 2 heterocycles. The van der Waals surface area contributed by atoms with Crippen molar-refractivity contribution < 1.29 is 0 Å². The van der Waals surface area contributed by atoms with E-state index in [0.29, 0.717) is 5.92 Å². The van der Waals surface area contributed by atoms with Gasteiger partial charge in [-0.15, -0.1) is 0 Å². The summed E-state index contributed by atoms with van der Waals surface area (Å²) in [5.74, 6) is 0.295. The number of hydrogen-bond donors (Lipinski definition) is 0. The van der Waals surface area contributed by atoms with Gasteiger partial charge in [0.1, 0.15) is 0 Å². The van der Waals surface area contributed by atoms with Crippen LogP contribution >= 0.6 is 0 Å². The Labute approximate surface area is 403 Å². The lowest BCUT2D eigenvalue weighted by atomic mass is 9.33. The summed E-state index contributed by atoms with van der Waals surface area (Å²) >= 11 is 0. The van der Waals surface area contributed by atoms with Crippen LogP contribution in [0.5, 0.6) is 0 Å². The second kappa shape index (κ2) is 15.4. The molecule has 0 fully saturated rings. The number of benzene rings is 7. The average Bonchev–Trinajstić information content (AvgIpc) is 3.46. The van der Waals surface area contributed by atoms with Crippen molar-refractivity contribution in [1.29, 1.82) is 0 Å². The van der Waals surface area contributed by atoms with Gasteiger partial charge in [-0.2, -0.15) is 0 Å². The summed E-state index contributed by atoms with van der Waals surface area (Å²) in [6.07, 6.45) is 1.10. The maximum absolute atomic E-state index is 2.74. The topological polar surface area (TPSA) is 6.48 Å². The van der Waals surface area contributed by atoms with E-state index in [1.807, 2.05) is 0 Å². The SMILES string of the molecule is CC(C)c1cc2c3c(c1)N(c1c(-c4ccccc4)cc(C(C)(C)C)cc1-c1ccccc1)c1cc4c(cc1B3c1cc(C(C)(C)C)ccc1N2c1ccc(C(C)(C)C)cc1)C(C)(C)CC4(C)C. The van der Waals surface area contributed by atoms with E-state index in [1.165, 1.54) is 106 Å². The van der Waals surface area contributed by atoms with E-state index in [0.717, 1.165) is 6.42 Å². The lowest BCUT2D eigenvalue weighted by Crippen LogP contribution is -2.62. The highest BCUT2D eigenvalue weighted by Crippen LogP contribution is 2.55. The Bertz CT molecular complexity index is 3000. The van der Waals surface area contributed by atoms with E-state index in [2.05, 4.69) is 253 Å². The van der Waals surface area contributed by atoms with E-state index in [9.17, 15) is 0 Å². The molecule has 2 nitrogen and oxygen atoms in total. The number of anilines is 6. The van der Waals surface area contributed by atoms with Crippen LogP contribution in [-0.4, -0.2) is 6.71 Å². The zero-order valence-corrected chi connectivity index (χ0v) is 43.0. The van der Waals surface area contributed by atoms with Crippen LogP contribution in [0.1, 0.15) is 150 Å². The van der Waals surface area contributed by atoms with Gasteiger partial charge >= 0.3 is 0 Å². The molecule has 0 atom stereocenters. The molecule has 0 amide bonds. The van der Waals surface area contributed by atoms with Crippen molar-refractivity contribution in [2.24, 2.45) is 0 Å². The second-order valence-corrected chi connectivity index (χ2v) is 24.9. The Morgan fingerprint density at radius 1 is 0.463 bits per heavy atom. The van der Waals surface area contributed by atoms with Crippen molar-refractivity contribution in [3.63, 3.8) is 0 Å². The Morgan fingerprint density at radius 2 is 0.940 bits per heavy atom. The number of rotatable bonds is 5. The lowest BCUT2D eigenvalue weighted by molar-refractivity contribution is 0.403. The molecule has 2 aliphatic heterocycles. The minimum atomic E-state index is -0.0822. The Hall–Kier alpha value is -5.80. The molecular formula is C64H71BN2. The zero-order valence-electron chi connectivity index (χ0n) is 43.0. The van der Waals surface area contributed by atoms with Crippen LogP contribution in [0, 0.1) is 0 Å². The molecule has 340 valence electrons. The fourth-order valence-electron chi connectivity index (χ4n) is 11.9. The normalized spacial score (nSPS) is 15.9. The van der Waals surface area contributed by atoms with Gasteiger partial charge in [-0.1, -0.05) is 195 Å². The molecule has 7 aromatic rings. The van der Waals surface area contributed by atoms with Crippen molar-refractivity contribution >= 4 is 57.2 Å². The van der Waals surface area contributed by atoms with Gasteiger partial charge in [-0.05, 0) is 149 Å². The van der Waals surface area contributed by atoms with E-state index in [1.54, 1.807) is 0 Å². The molecule has 0 N–H and O–H groups in total. The first-order valence-corrected chi connectivity index (χ1v) is 25.0. The van der Waals surface area contributed by atoms with Crippen molar-refractivity contribution in [2.75, 3.05) is 9.80 Å². The van der Waals surface area contributed by atoms with E-state index >= 15 is 0 Å². The van der Waals surface area contributed by atoms with Crippen LogP contribution in [0.25, 0.3) is 22.3 Å². The van der Waals surface area contributed by atoms with E-state index in [-0.39, 0.29) is 33.8 Å². The fourth-order valence-corrected chi connectivity index (χ4v) is 11.9. The predicted octanol–water partition coefficient (Wildman–Crippen LogP) is 16.1. The summed E-state index contributed by atoms with van der Waals surface area (Å²) < 4.78 is 0. The van der Waals surface area contributed by atoms with Crippen molar-refractivity contribution in [3.8, 4) is 22.3 Å². The third-order valence-electron chi connectivity index (χ3n) is 15.5. The molecule has 10 rings (SSSR count). The molecule has 0 radical (unpaired) electrons. The summed E-state index contributed by atoms with van der Waals surface area (Å²) in [6.45, 7) is 35.7. The molecule has 3 aliphatic rings. The number of hydrogen-bond acceptors (Lipinski definition) is 2. The summed E-state index contributed by atoms with van der Waals surface area (Å²) in [5.41, 5.74) is 24.9. The smallest absolute Gasteiger partial charge is 0.252 e. The minimum Gasteiger partial charge on any atom is -0.311 e. The summed E-state index contributed by atoms with van der Waals surface area (Å²) in [6, 6.07) is 54.7. The Kier molecular flexibility index (Phi) is 10.3. The highest BCUT2D eigenvalue weighted by atomic mass is 15.2. The molecule has 67 heavy (non-hydrogen) atoms. The maximum Gasteiger partial charge on any atom is 0.252 e. The van der Waals surface area contributed by atoms with Crippen LogP contribution in [0.2, 0.25) is 0 Å². The van der Waals surface area contributed by atoms with Crippen molar-refractivity contribution in [1.82, 2.24) is 0 Å². The molecular weight excluding hydrogens is 808 g/mol. The van der Waals surface area contributed by atoms with Crippen molar-refractivity contribution in [3.05, 3.63) is 173 Å². The molecule has 0 aromatic heterocycles. The predicted molar refractivity (Wildman–Crippen MR) is 292 cm³/mol. The molecule has 0 unspecified atom stereocenters. The highest BCUT2D eigenvalue weighted by molar-refractivity contribution is 7.00. The van der Waals surface area contributed by atoms with Crippen LogP contribution in [0.4, 0.5) is 34.1 Å². The minimum absolute atomic E-state index is 0.00522. The molecule has 0 saturated heterocycles. The fraction of sp³-hybridized carbons (Fsp3) is 0.344. The summed E-state index contributed by atoms with van der Waals surface area (Å²) in [4.78, 5) is 5.35. The first-order chi connectivity index (χ1) is 31.4. The van der Waals surface area contributed by atoms with Crippen LogP contribution in [-0.2, 0) is 27.1 Å². The van der Waals surface area contributed by atoms with Gasteiger partial charge < -0.3 is 9.80 Å². The Morgan fingerprint density at radius 3 is 1.45 bits per heavy atom. The van der Waals surface area contributed by atoms with Gasteiger partial charge in [0.2, 0.25) is 0 Å². The molecule has 0 bridgehead atoms. The molecule has 1 aliphatic carbocycles. The quantitative estimate of drug-likeness (QED) is 0.159. The highest BCUT2D eigenvalue weighted by Gasteiger charge is 2.49. The number of nitrogens with zero attached hydrogens (tertiary/aromatic N) is 2. The zero-order chi connectivity index (χ0) is 47.7. The molecule has 0 saturated carbocycles. The Balaban J connectivity index is 1.41. The summed E-state index contributed by atoms with van der Waals surface area (Å²) in [7, 11) is 0. The standard InChI is InChI=1S/C64H71BN2/c1-40(2)43-32-56-58-57(33-43)67(59-48(41-22-18-16-19-23-41)34-46(62(9,10)11)35-49(59)42-24-20-17-21-25-42)55-38-51-50(63(12,13)39-64(51,14)15)37-53(55)65(58)52-36-45(61(6,7)8)28-31-54(52)66(56)47-29-26-44(27-30-47)60(3,4)5/h16-38,40H,39H2,1-15H3. The molecule has 0 spiro atoms. The average molecular weight is 879 g/mol. The maximum atomic E-state index is 2.74. The van der Waals surface area contributed by atoms with Crippen LogP contribution in [0.15, 0.2) is 140 Å². The van der Waals surface area contributed by atoms with Crippen LogP contribution < -0.4 is 26.2 Å². The molecule has 7 aromatic carbocycles. The van der Waals surface area contributed by atoms with Gasteiger partial charge in [-0.3, -0.25) is 0 Å². The summed E-state index contributed by atoms with van der Waals surface area (Å²) in [5, 5.41) is 0. The van der Waals surface area contributed by atoms with Gasteiger partial charge in [0, 0.05) is 39.6 Å². The third-order valence-corrected chi connectivity index (χ3v) is 15.5. The monoisotopic (exact) mass is 879 g/mol. The van der Waals surface area contributed by atoms with Crippen molar-refractivity contribution in [2.45, 2.75) is 143 Å². The van der Waals surface area contributed by atoms with E-state index < -0.39 is 0 Å². The van der Waals surface area contributed by atoms with Gasteiger partial charge in [0.15, 0.2) is 0 Å². The van der Waals surface area contributed by atoms with Gasteiger partial charge in [0.05, 0.1) is 5.69 Å². The lowest BCUT2D eigenvalue weighted by Gasteiger charge is -2.46. The second-order valence-electron chi connectivity index (χ2n) is 24.9. The first-order valence-electron chi connectivity index (χ1n) is 25.0. The third kappa shape index (κ3) is 7.47. The van der Waals surface area contributed by atoms with E-state index in [4.69, 9.17) is 0 Å². The van der Waals surface area contributed by atoms with Gasteiger partial charge in [-0.25, -0.2) is 0 Å². The largest absolute Gasteiger partial charge is 0.311 e. The van der Waals surface area contributed by atoms with Crippen LogP contribution in [0.3, 0.4) is 0 Å². The number of fused-ring (bicyclic) bond motifs is 5. The van der Waals surface area contributed by atoms with Gasteiger partial charge in [0.25, 0.3) is 6.71 Å².